The van der Waals surface area contributed by atoms with Crippen molar-refractivity contribution in [2.75, 3.05) is 0 Å². The molecule has 0 aliphatic heterocycles. The Labute approximate surface area is 129 Å². The molecule has 3 nitrogen and oxygen atoms in total. The van der Waals surface area contributed by atoms with Gasteiger partial charge in [0.2, 0.25) is 5.91 Å². The third-order valence-corrected chi connectivity index (χ3v) is 3.90. The molecule has 3 rings (SSSR count). The lowest BCUT2D eigenvalue weighted by Crippen LogP contribution is -2.32. The second-order valence-electron chi connectivity index (χ2n) is 5.74. The fourth-order valence-corrected chi connectivity index (χ4v) is 2.58. The van der Waals surface area contributed by atoms with Crippen molar-refractivity contribution in [2.45, 2.75) is 38.3 Å². The Morgan fingerprint density at radius 1 is 1.23 bits per heavy atom. The lowest BCUT2D eigenvalue weighted by atomic mass is 10.1. The summed E-state index contributed by atoms with van der Waals surface area (Å²) in [5.41, 5.74) is 1.92. The summed E-state index contributed by atoms with van der Waals surface area (Å²) in [6.07, 6.45) is 6.68. The maximum Gasteiger partial charge on any atom is 0.223 e. The number of aryl methyl sites for hydroxylation is 1. The Morgan fingerprint density at radius 2 is 2.05 bits per heavy atom. The Kier molecular flexibility index (Phi) is 4.47. The van der Waals surface area contributed by atoms with Crippen molar-refractivity contribution in [1.82, 2.24) is 9.88 Å². The summed E-state index contributed by atoms with van der Waals surface area (Å²) in [5, 5.41) is 0. The van der Waals surface area contributed by atoms with Crippen LogP contribution in [0.5, 0.6) is 0 Å². The zero-order valence-electron chi connectivity index (χ0n) is 12.4. The molecule has 0 bridgehead atoms. The van der Waals surface area contributed by atoms with E-state index in [-0.39, 0.29) is 11.7 Å². The van der Waals surface area contributed by atoms with Crippen molar-refractivity contribution in [1.29, 1.82) is 0 Å². The molecule has 1 heterocycles. The second-order valence-corrected chi connectivity index (χ2v) is 5.74. The fraction of sp³-hybridized carbons (Fsp3) is 0.333. The molecule has 0 spiro atoms. The van der Waals surface area contributed by atoms with E-state index in [0.717, 1.165) is 24.0 Å². The van der Waals surface area contributed by atoms with E-state index in [1.165, 1.54) is 12.1 Å². The molecule has 0 N–H and O–H groups in total. The van der Waals surface area contributed by atoms with Crippen LogP contribution in [0.3, 0.4) is 0 Å². The van der Waals surface area contributed by atoms with Gasteiger partial charge in [-0.2, -0.15) is 0 Å². The van der Waals surface area contributed by atoms with Crippen molar-refractivity contribution < 1.29 is 9.18 Å². The van der Waals surface area contributed by atoms with E-state index in [1.54, 1.807) is 18.5 Å². The highest BCUT2D eigenvalue weighted by Gasteiger charge is 2.32. The topological polar surface area (TPSA) is 33.2 Å². The van der Waals surface area contributed by atoms with Crippen LogP contribution in [0.2, 0.25) is 0 Å². The van der Waals surface area contributed by atoms with Gasteiger partial charge < -0.3 is 4.90 Å². The molecule has 1 aromatic carbocycles. The van der Waals surface area contributed by atoms with E-state index >= 15 is 0 Å². The summed E-state index contributed by atoms with van der Waals surface area (Å²) in [6, 6.07) is 10.7. The van der Waals surface area contributed by atoms with Crippen LogP contribution < -0.4 is 0 Å². The van der Waals surface area contributed by atoms with Gasteiger partial charge in [-0.05, 0) is 48.6 Å². The zero-order chi connectivity index (χ0) is 15.4. The summed E-state index contributed by atoms with van der Waals surface area (Å²) in [6.45, 7) is 0.612. The molecule has 1 aromatic heterocycles. The number of rotatable bonds is 6. The minimum absolute atomic E-state index is 0.135. The Hall–Kier alpha value is -2.23. The van der Waals surface area contributed by atoms with Crippen molar-refractivity contribution in [3.63, 3.8) is 0 Å². The smallest absolute Gasteiger partial charge is 0.223 e. The Balaban J connectivity index is 1.61. The van der Waals surface area contributed by atoms with Gasteiger partial charge in [-0.15, -0.1) is 0 Å². The van der Waals surface area contributed by atoms with Gasteiger partial charge in [0.05, 0.1) is 0 Å². The van der Waals surface area contributed by atoms with Gasteiger partial charge in [-0.25, -0.2) is 4.39 Å². The Bertz CT molecular complexity index is 641. The zero-order valence-corrected chi connectivity index (χ0v) is 12.4. The van der Waals surface area contributed by atoms with Crippen molar-refractivity contribution in [2.24, 2.45) is 0 Å². The van der Waals surface area contributed by atoms with E-state index in [2.05, 4.69) is 4.98 Å². The van der Waals surface area contributed by atoms with E-state index in [4.69, 9.17) is 0 Å². The molecule has 4 heteroatoms. The highest BCUT2D eigenvalue weighted by atomic mass is 19.1. The van der Waals surface area contributed by atoms with E-state index in [0.29, 0.717) is 25.4 Å². The van der Waals surface area contributed by atoms with Crippen LogP contribution in [0.1, 0.15) is 30.4 Å². The third kappa shape index (κ3) is 3.91. The first-order valence-corrected chi connectivity index (χ1v) is 7.65. The predicted octanol–water partition coefficient (Wildman–Crippen LogP) is 3.34. The largest absolute Gasteiger partial charge is 0.335 e. The monoisotopic (exact) mass is 298 g/mol. The fourth-order valence-electron chi connectivity index (χ4n) is 2.58. The number of hydrogen-bond acceptors (Lipinski definition) is 2. The molecule has 2 aromatic rings. The molecular formula is C18H19FN2O. The van der Waals surface area contributed by atoms with Crippen molar-refractivity contribution >= 4 is 5.91 Å². The summed E-state index contributed by atoms with van der Waals surface area (Å²) < 4.78 is 13.2. The first kappa shape index (κ1) is 14.7. The lowest BCUT2D eigenvalue weighted by Gasteiger charge is -2.22. The van der Waals surface area contributed by atoms with Crippen LogP contribution in [0.25, 0.3) is 0 Å². The minimum Gasteiger partial charge on any atom is -0.335 e. The number of halogens is 1. The van der Waals surface area contributed by atoms with Crippen LogP contribution in [-0.4, -0.2) is 21.8 Å². The number of hydrogen-bond donors (Lipinski definition) is 0. The van der Waals surface area contributed by atoms with Gasteiger partial charge in [-0.1, -0.05) is 18.2 Å². The molecule has 1 saturated carbocycles. The molecule has 0 atom stereocenters. The predicted molar refractivity (Wildman–Crippen MR) is 82.5 cm³/mol. The maximum absolute atomic E-state index is 13.2. The first-order chi connectivity index (χ1) is 10.7. The molecule has 0 radical (unpaired) electrons. The van der Waals surface area contributed by atoms with Crippen LogP contribution in [0.15, 0.2) is 48.8 Å². The number of amides is 1. The average molecular weight is 298 g/mol. The highest BCUT2D eigenvalue weighted by molar-refractivity contribution is 5.77. The van der Waals surface area contributed by atoms with Gasteiger partial charge in [0.1, 0.15) is 5.82 Å². The number of pyridine rings is 1. The SMILES string of the molecule is O=C(CCc1cccc(F)c1)N(Cc1cccnc1)C1CC1. The van der Waals surface area contributed by atoms with Gasteiger partial charge in [0, 0.05) is 31.4 Å². The number of benzene rings is 1. The van der Waals surface area contributed by atoms with Gasteiger partial charge in [0.15, 0.2) is 0 Å². The molecule has 1 aliphatic carbocycles. The molecule has 22 heavy (non-hydrogen) atoms. The van der Waals surface area contributed by atoms with E-state index in [1.807, 2.05) is 23.1 Å². The molecule has 0 saturated heterocycles. The summed E-state index contributed by atoms with van der Waals surface area (Å²) in [7, 11) is 0. The number of carbonyl (C=O) groups is 1. The summed E-state index contributed by atoms with van der Waals surface area (Å²) in [4.78, 5) is 18.5. The van der Waals surface area contributed by atoms with Gasteiger partial charge >= 0.3 is 0 Å². The first-order valence-electron chi connectivity index (χ1n) is 7.65. The normalized spacial score (nSPS) is 13.9. The second kappa shape index (κ2) is 6.69. The Morgan fingerprint density at radius 3 is 2.73 bits per heavy atom. The maximum atomic E-state index is 13.2. The molecule has 1 aliphatic rings. The van der Waals surface area contributed by atoms with Crippen LogP contribution in [-0.2, 0) is 17.8 Å². The highest BCUT2D eigenvalue weighted by Crippen LogP contribution is 2.29. The van der Waals surface area contributed by atoms with E-state index in [9.17, 15) is 9.18 Å². The van der Waals surface area contributed by atoms with Crippen molar-refractivity contribution in [3.05, 3.63) is 65.7 Å². The number of aromatic nitrogens is 1. The average Bonchev–Trinajstić information content (AvgIpc) is 3.36. The molecule has 1 amide bonds. The van der Waals surface area contributed by atoms with Crippen LogP contribution >= 0.6 is 0 Å². The molecule has 114 valence electrons. The summed E-state index contributed by atoms with van der Waals surface area (Å²) >= 11 is 0. The third-order valence-electron chi connectivity index (χ3n) is 3.90. The molecule has 0 unspecified atom stereocenters. The quantitative estimate of drug-likeness (QED) is 0.819. The number of carbonyl (C=O) groups excluding carboxylic acids is 1. The van der Waals surface area contributed by atoms with Crippen LogP contribution in [0.4, 0.5) is 4.39 Å². The van der Waals surface area contributed by atoms with Crippen LogP contribution in [0, 0.1) is 5.82 Å². The number of nitrogens with zero attached hydrogens (tertiary/aromatic N) is 2. The standard InChI is InChI=1S/C18H19FN2O/c19-16-5-1-3-14(11-16)6-9-18(22)21(17-7-8-17)13-15-4-2-10-20-12-15/h1-5,10-12,17H,6-9,13H2. The van der Waals surface area contributed by atoms with E-state index < -0.39 is 0 Å². The lowest BCUT2D eigenvalue weighted by molar-refractivity contribution is -0.132. The van der Waals surface area contributed by atoms with Gasteiger partial charge in [-0.3, -0.25) is 9.78 Å². The molecular weight excluding hydrogens is 279 g/mol. The minimum atomic E-state index is -0.251. The van der Waals surface area contributed by atoms with Crippen molar-refractivity contribution in [3.8, 4) is 0 Å². The summed E-state index contributed by atoms with van der Waals surface area (Å²) in [5.74, 6) is -0.116. The van der Waals surface area contributed by atoms with Gasteiger partial charge in [0.25, 0.3) is 0 Å². The molecule has 1 fully saturated rings.